The van der Waals surface area contributed by atoms with Crippen molar-refractivity contribution in [1.82, 2.24) is 0 Å². The van der Waals surface area contributed by atoms with Gasteiger partial charge in [-0.2, -0.15) is 0 Å². The fourth-order valence-electron chi connectivity index (χ4n) is 4.35. The number of rotatable bonds is 7. The first kappa shape index (κ1) is 23.9. The van der Waals surface area contributed by atoms with Gasteiger partial charge in [-0.25, -0.2) is 0 Å². The van der Waals surface area contributed by atoms with Crippen molar-refractivity contribution in [3.05, 3.63) is 161 Å². The molecule has 0 unspecified atom stereocenters. The third kappa shape index (κ3) is 5.88. The molecular weight excluding hydrogens is 450 g/mol. The monoisotopic (exact) mass is 477 g/mol. The Hall–Kier alpha value is -4.82. The molecule has 0 N–H and O–H groups in total. The molecule has 0 aliphatic heterocycles. The molecule has 0 bridgehead atoms. The van der Waals surface area contributed by atoms with Gasteiger partial charge in [-0.1, -0.05) is 115 Å². The first-order chi connectivity index (χ1) is 18.2. The van der Waals surface area contributed by atoms with Crippen LogP contribution in [0.4, 0.5) is 5.69 Å². The van der Waals surface area contributed by atoms with E-state index in [0.29, 0.717) is 5.56 Å². The van der Waals surface area contributed by atoms with Crippen molar-refractivity contribution in [1.29, 1.82) is 0 Å². The number of carbonyl (C=O) groups excluding carboxylic acids is 1. The quantitative estimate of drug-likeness (QED) is 0.131. The molecule has 178 valence electrons. The predicted octanol–water partition coefficient (Wildman–Crippen LogP) is 8.90. The summed E-state index contributed by atoms with van der Waals surface area (Å²) in [6.07, 6.45) is 4.05. The van der Waals surface area contributed by atoms with Gasteiger partial charge in [-0.05, 0) is 70.2 Å². The molecule has 0 atom stereocenters. The zero-order chi connectivity index (χ0) is 25.5. The van der Waals surface area contributed by atoms with Crippen LogP contribution in [0, 0.1) is 0 Å². The topological polar surface area (TPSA) is 29.4 Å². The molecule has 5 rings (SSSR count). The van der Waals surface area contributed by atoms with Gasteiger partial charge in [0, 0.05) is 11.8 Å². The van der Waals surface area contributed by atoms with Crippen LogP contribution in [0.5, 0.6) is 0 Å². The van der Waals surface area contributed by atoms with Gasteiger partial charge in [0.15, 0.2) is 5.78 Å². The molecule has 5 aromatic carbocycles. The molecule has 37 heavy (non-hydrogen) atoms. The maximum Gasteiger partial charge on any atom is 0.160 e. The molecule has 0 heterocycles. The fourth-order valence-corrected chi connectivity index (χ4v) is 4.35. The Balaban J connectivity index is 1.52. The predicted molar refractivity (Wildman–Crippen MR) is 155 cm³/mol. The highest BCUT2D eigenvalue weighted by atomic mass is 16.1. The average molecular weight is 478 g/mol. The molecule has 0 aliphatic rings. The minimum Gasteiger partial charge on any atom is -0.294 e. The summed E-state index contributed by atoms with van der Waals surface area (Å²) in [6.45, 7) is 1.61. The lowest BCUT2D eigenvalue weighted by molar-refractivity contribution is 0.101. The SMILES string of the molecule is CC(=O)c1ccc(C=Nc2ccccc2)cc1-c1ccc(C(=Cc2ccccc2)c2ccccc2)cc1. The molecule has 5 aromatic rings. The molecule has 0 fully saturated rings. The van der Waals surface area contributed by atoms with Crippen LogP contribution < -0.4 is 0 Å². The Morgan fingerprint density at radius 1 is 0.622 bits per heavy atom. The average Bonchev–Trinajstić information content (AvgIpc) is 2.96. The van der Waals surface area contributed by atoms with Crippen LogP contribution in [0.3, 0.4) is 0 Å². The van der Waals surface area contributed by atoms with Crippen molar-refractivity contribution in [2.75, 3.05) is 0 Å². The number of ketones is 1. The molecular formula is C35H27NO. The number of aliphatic imine (C=N–C) groups is 1. The van der Waals surface area contributed by atoms with Gasteiger partial charge in [-0.15, -0.1) is 0 Å². The zero-order valence-corrected chi connectivity index (χ0v) is 20.7. The molecule has 2 heteroatoms. The Labute approximate surface area is 218 Å². The molecule has 0 saturated heterocycles. The molecule has 0 saturated carbocycles. The lowest BCUT2D eigenvalue weighted by Gasteiger charge is -2.12. The van der Waals surface area contributed by atoms with Crippen molar-refractivity contribution >= 4 is 29.3 Å². The van der Waals surface area contributed by atoms with Crippen molar-refractivity contribution in [2.45, 2.75) is 6.92 Å². The number of Topliss-reactive ketones (excluding diaryl/α,β-unsaturated/α-hetero) is 1. The highest BCUT2D eigenvalue weighted by molar-refractivity contribution is 6.02. The summed E-state index contributed by atoms with van der Waals surface area (Å²) in [5.41, 5.74) is 9.01. The lowest BCUT2D eigenvalue weighted by atomic mass is 9.91. The van der Waals surface area contributed by atoms with Crippen molar-refractivity contribution in [3.8, 4) is 11.1 Å². The van der Waals surface area contributed by atoms with E-state index in [9.17, 15) is 4.79 Å². The van der Waals surface area contributed by atoms with E-state index >= 15 is 0 Å². The number of carbonyl (C=O) groups is 1. The van der Waals surface area contributed by atoms with Gasteiger partial charge >= 0.3 is 0 Å². The van der Waals surface area contributed by atoms with Crippen molar-refractivity contribution < 1.29 is 4.79 Å². The number of benzene rings is 5. The van der Waals surface area contributed by atoms with Gasteiger partial charge in [0.1, 0.15) is 0 Å². The number of para-hydroxylation sites is 1. The van der Waals surface area contributed by atoms with Crippen LogP contribution in [0.1, 0.15) is 39.5 Å². The smallest absolute Gasteiger partial charge is 0.160 e. The third-order valence-corrected chi connectivity index (χ3v) is 6.24. The van der Waals surface area contributed by atoms with Gasteiger partial charge in [-0.3, -0.25) is 9.79 Å². The van der Waals surface area contributed by atoms with E-state index in [0.717, 1.165) is 44.6 Å². The van der Waals surface area contributed by atoms with Crippen LogP contribution >= 0.6 is 0 Å². The summed E-state index contributed by atoms with van der Waals surface area (Å²) < 4.78 is 0. The number of hydrogen-bond donors (Lipinski definition) is 0. The number of hydrogen-bond acceptors (Lipinski definition) is 2. The Kier molecular flexibility index (Phi) is 7.29. The Bertz CT molecular complexity index is 1550. The van der Waals surface area contributed by atoms with E-state index < -0.39 is 0 Å². The van der Waals surface area contributed by atoms with E-state index in [4.69, 9.17) is 0 Å². The molecule has 0 aromatic heterocycles. The molecule has 0 spiro atoms. The number of nitrogens with zero attached hydrogens (tertiary/aromatic N) is 1. The highest BCUT2D eigenvalue weighted by Crippen LogP contribution is 2.30. The van der Waals surface area contributed by atoms with E-state index in [-0.39, 0.29) is 5.78 Å². The summed E-state index contributed by atoms with van der Waals surface area (Å²) in [7, 11) is 0. The maximum atomic E-state index is 12.5. The maximum absolute atomic E-state index is 12.5. The first-order valence-corrected chi connectivity index (χ1v) is 12.3. The van der Waals surface area contributed by atoms with Gasteiger partial charge < -0.3 is 0 Å². The molecule has 2 nitrogen and oxygen atoms in total. The van der Waals surface area contributed by atoms with Crippen molar-refractivity contribution in [3.63, 3.8) is 0 Å². The summed E-state index contributed by atoms with van der Waals surface area (Å²) in [5, 5.41) is 0. The summed E-state index contributed by atoms with van der Waals surface area (Å²) in [4.78, 5) is 17.0. The third-order valence-electron chi connectivity index (χ3n) is 6.24. The van der Waals surface area contributed by atoms with E-state index in [1.54, 1.807) is 6.92 Å². The van der Waals surface area contributed by atoms with Crippen LogP contribution in [0.15, 0.2) is 138 Å². The van der Waals surface area contributed by atoms with Crippen LogP contribution in [0.2, 0.25) is 0 Å². The Morgan fingerprint density at radius 3 is 1.86 bits per heavy atom. The fraction of sp³-hybridized carbons (Fsp3) is 0.0286. The molecule has 0 amide bonds. The summed E-state index contributed by atoms with van der Waals surface area (Å²) in [6, 6.07) is 44.9. The second kappa shape index (κ2) is 11.3. The van der Waals surface area contributed by atoms with Gasteiger partial charge in [0.05, 0.1) is 5.69 Å². The van der Waals surface area contributed by atoms with Crippen LogP contribution in [-0.2, 0) is 0 Å². The summed E-state index contributed by atoms with van der Waals surface area (Å²) >= 11 is 0. The standard InChI is InChI=1S/C35H27NO/c1-26(37)33-22-17-28(25-36-32-15-9-4-10-16-32)24-35(33)31-20-18-30(19-21-31)34(29-13-7-3-8-14-29)23-27-11-5-2-6-12-27/h2-25H,1H3. The zero-order valence-electron chi connectivity index (χ0n) is 20.7. The van der Waals surface area contributed by atoms with Crippen molar-refractivity contribution in [2.24, 2.45) is 4.99 Å². The van der Waals surface area contributed by atoms with Gasteiger partial charge in [0.25, 0.3) is 0 Å². The van der Waals surface area contributed by atoms with E-state index in [1.165, 1.54) is 0 Å². The molecule has 0 radical (unpaired) electrons. The highest BCUT2D eigenvalue weighted by Gasteiger charge is 2.12. The minimum absolute atomic E-state index is 0.0413. The van der Waals surface area contributed by atoms with Gasteiger partial charge in [0.2, 0.25) is 0 Å². The van der Waals surface area contributed by atoms with Crippen LogP contribution in [0.25, 0.3) is 22.8 Å². The second-order valence-corrected chi connectivity index (χ2v) is 8.87. The summed E-state index contributed by atoms with van der Waals surface area (Å²) in [5.74, 6) is 0.0413. The molecule has 0 aliphatic carbocycles. The second-order valence-electron chi connectivity index (χ2n) is 8.87. The lowest BCUT2D eigenvalue weighted by Crippen LogP contribution is -1.98. The van der Waals surface area contributed by atoms with E-state index in [2.05, 4.69) is 83.9 Å². The normalized spacial score (nSPS) is 11.5. The largest absolute Gasteiger partial charge is 0.294 e. The van der Waals surface area contributed by atoms with Crippen LogP contribution in [-0.4, -0.2) is 12.0 Å². The first-order valence-electron chi connectivity index (χ1n) is 12.3. The van der Waals surface area contributed by atoms with E-state index in [1.807, 2.05) is 66.9 Å². The Morgan fingerprint density at radius 2 is 1.22 bits per heavy atom. The minimum atomic E-state index is 0.0413.